The number of aromatic nitrogens is 3. The van der Waals surface area contributed by atoms with E-state index in [1.165, 1.54) is 12.3 Å². The van der Waals surface area contributed by atoms with E-state index in [1.54, 1.807) is 41.3 Å². The Labute approximate surface area is 181 Å². The lowest BCUT2D eigenvalue weighted by Gasteiger charge is -2.25. The number of hydrogen-bond acceptors (Lipinski definition) is 7. The molecule has 9 heteroatoms. The van der Waals surface area contributed by atoms with E-state index in [0.717, 1.165) is 28.1 Å². The summed E-state index contributed by atoms with van der Waals surface area (Å²) in [7, 11) is 1.72. The summed E-state index contributed by atoms with van der Waals surface area (Å²) in [5.41, 5.74) is 1.64. The molecule has 4 aromatic rings. The number of imidazole rings is 1. The van der Waals surface area contributed by atoms with E-state index >= 15 is 0 Å². The van der Waals surface area contributed by atoms with E-state index in [2.05, 4.69) is 4.98 Å². The Hall–Kier alpha value is -3.59. The molecule has 31 heavy (non-hydrogen) atoms. The molecule has 1 unspecified atom stereocenters. The molecule has 0 amide bonds. The molecule has 5 rings (SSSR count). The number of ketones is 1. The molecule has 1 saturated heterocycles. The van der Waals surface area contributed by atoms with E-state index in [4.69, 9.17) is 4.98 Å². The first-order valence-corrected chi connectivity index (χ1v) is 10.8. The third kappa shape index (κ3) is 3.36. The van der Waals surface area contributed by atoms with E-state index in [1.807, 2.05) is 29.2 Å². The van der Waals surface area contributed by atoms with E-state index in [9.17, 15) is 14.9 Å². The molecule has 1 aliphatic heterocycles. The van der Waals surface area contributed by atoms with Crippen LogP contribution in [0.15, 0.2) is 54.9 Å². The molecule has 0 aliphatic carbocycles. The number of para-hydroxylation sites is 1. The van der Waals surface area contributed by atoms with Crippen molar-refractivity contribution in [2.45, 2.75) is 18.9 Å². The molecule has 0 saturated carbocycles. The quantitative estimate of drug-likeness (QED) is 0.261. The predicted molar refractivity (Wildman–Crippen MR) is 119 cm³/mol. The van der Waals surface area contributed by atoms with Crippen molar-refractivity contribution >= 4 is 38.7 Å². The van der Waals surface area contributed by atoms with Gasteiger partial charge in [0, 0.05) is 37.6 Å². The number of anilines is 1. The van der Waals surface area contributed by atoms with Crippen LogP contribution in [0.2, 0.25) is 0 Å². The topological polar surface area (TPSA) is 94.2 Å². The van der Waals surface area contributed by atoms with Crippen LogP contribution in [-0.2, 0) is 7.05 Å². The van der Waals surface area contributed by atoms with Crippen LogP contribution in [0.1, 0.15) is 40.1 Å². The normalized spacial score (nSPS) is 16.2. The average molecular weight is 433 g/mol. The van der Waals surface area contributed by atoms with E-state index in [0.29, 0.717) is 12.2 Å². The Balaban J connectivity index is 1.53. The van der Waals surface area contributed by atoms with Gasteiger partial charge >= 0.3 is 0 Å². The SMILES string of the molecule is Cn1ccnc1C(=O)c1ccc(N2CCCC2c2nc3ccccc3s2)c([N+](=O)[O-])c1. The molecule has 2 aromatic carbocycles. The molecule has 1 aliphatic rings. The smallest absolute Gasteiger partial charge is 0.293 e. The van der Waals surface area contributed by atoms with Crippen LogP contribution < -0.4 is 4.90 Å². The summed E-state index contributed by atoms with van der Waals surface area (Å²) in [6.45, 7) is 0.702. The molecule has 0 spiro atoms. The highest BCUT2D eigenvalue weighted by molar-refractivity contribution is 7.18. The fraction of sp³-hybridized carbons (Fsp3) is 0.227. The average Bonchev–Trinajstić information content (AvgIpc) is 3.51. The summed E-state index contributed by atoms with van der Waals surface area (Å²) in [5, 5.41) is 12.9. The van der Waals surface area contributed by atoms with Crippen LogP contribution in [0.25, 0.3) is 10.2 Å². The number of nitro benzene ring substituents is 1. The molecule has 0 bridgehead atoms. The number of carbonyl (C=O) groups is 1. The first-order chi connectivity index (χ1) is 15.0. The zero-order chi connectivity index (χ0) is 21.5. The van der Waals surface area contributed by atoms with Gasteiger partial charge in [-0.2, -0.15) is 0 Å². The van der Waals surface area contributed by atoms with Gasteiger partial charge in [-0.1, -0.05) is 12.1 Å². The molecule has 0 N–H and O–H groups in total. The Morgan fingerprint density at radius 2 is 2.10 bits per heavy atom. The largest absolute Gasteiger partial charge is 0.357 e. The summed E-state index contributed by atoms with van der Waals surface area (Å²) < 4.78 is 2.71. The Kier molecular flexibility index (Phi) is 4.74. The van der Waals surface area contributed by atoms with Gasteiger partial charge in [0.1, 0.15) is 10.7 Å². The molecular formula is C22H19N5O3S. The van der Waals surface area contributed by atoms with Gasteiger partial charge in [-0.05, 0) is 37.1 Å². The molecule has 156 valence electrons. The van der Waals surface area contributed by atoms with Crippen molar-refractivity contribution in [3.05, 3.63) is 81.4 Å². The van der Waals surface area contributed by atoms with Gasteiger partial charge in [-0.25, -0.2) is 9.97 Å². The lowest BCUT2D eigenvalue weighted by molar-refractivity contribution is -0.384. The third-order valence-corrected chi connectivity index (χ3v) is 6.75. The zero-order valence-corrected chi connectivity index (χ0v) is 17.6. The lowest BCUT2D eigenvalue weighted by Crippen LogP contribution is -2.23. The van der Waals surface area contributed by atoms with E-state index < -0.39 is 4.92 Å². The van der Waals surface area contributed by atoms with Crippen LogP contribution in [-0.4, -0.2) is 31.8 Å². The molecule has 2 aromatic heterocycles. The number of nitro groups is 1. The second-order valence-corrected chi connectivity index (χ2v) is 8.58. The first kappa shape index (κ1) is 19.4. The first-order valence-electron chi connectivity index (χ1n) is 9.95. The molecule has 1 fully saturated rings. The number of carbonyl (C=O) groups excluding carboxylic acids is 1. The minimum absolute atomic E-state index is 0.0211. The number of aryl methyl sites for hydroxylation is 1. The van der Waals surface area contributed by atoms with Gasteiger partial charge in [0.25, 0.3) is 5.69 Å². The van der Waals surface area contributed by atoms with Crippen LogP contribution >= 0.6 is 11.3 Å². The maximum Gasteiger partial charge on any atom is 0.293 e. The molecule has 0 radical (unpaired) electrons. The van der Waals surface area contributed by atoms with Gasteiger partial charge in [0.2, 0.25) is 5.78 Å². The summed E-state index contributed by atoms with van der Waals surface area (Å²) in [4.78, 5) is 35.2. The standard InChI is InChI=1S/C22H19N5O3S/c1-25-12-10-23-21(25)20(28)14-8-9-16(18(13-14)27(29)30)26-11-4-6-17(26)22-24-15-5-2-3-7-19(15)31-22/h2-3,5,7-10,12-13,17H,4,6,11H2,1H3. The molecule has 3 heterocycles. The molecular weight excluding hydrogens is 414 g/mol. The summed E-state index contributed by atoms with van der Waals surface area (Å²) >= 11 is 1.63. The van der Waals surface area contributed by atoms with Crippen LogP contribution in [0.3, 0.4) is 0 Å². The number of nitrogens with zero attached hydrogens (tertiary/aromatic N) is 5. The van der Waals surface area contributed by atoms with Gasteiger partial charge in [-0.3, -0.25) is 14.9 Å². The predicted octanol–water partition coefficient (Wildman–Crippen LogP) is 4.51. The fourth-order valence-electron chi connectivity index (χ4n) is 4.11. The maximum atomic E-state index is 12.8. The van der Waals surface area contributed by atoms with E-state index in [-0.39, 0.29) is 28.9 Å². The minimum Gasteiger partial charge on any atom is -0.357 e. The molecule has 1 atom stereocenters. The van der Waals surface area contributed by atoms with Gasteiger partial charge in [0.05, 0.1) is 21.2 Å². The Morgan fingerprint density at radius 3 is 2.84 bits per heavy atom. The van der Waals surface area contributed by atoms with Crippen molar-refractivity contribution < 1.29 is 9.72 Å². The minimum atomic E-state index is -0.418. The number of benzene rings is 2. The lowest BCUT2D eigenvalue weighted by atomic mass is 10.1. The van der Waals surface area contributed by atoms with Gasteiger partial charge in [0.15, 0.2) is 5.82 Å². The van der Waals surface area contributed by atoms with Crippen molar-refractivity contribution in [3.8, 4) is 0 Å². The second kappa shape index (κ2) is 7.59. The van der Waals surface area contributed by atoms with Gasteiger partial charge < -0.3 is 9.47 Å². The van der Waals surface area contributed by atoms with Crippen LogP contribution in [0.4, 0.5) is 11.4 Å². The second-order valence-electron chi connectivity index (χ2n) is 7.52. The maximum absolute atomic E-state index is 12.8. The summed E-state index contributed by atoms with van der Waals surface area (Å²) in [6.07, 6.45) is 5.00. The highest BCUT2D eigenvalue weighted by atomic mass is 32.1. The highest BCUT2D eigenvalue weighted by Gasteiger charge is 2.33. The Morgan fingerprint density at radius 1 is 1.26 bits per heavy atom. The van der Waals surface area contributed by atoms with Crippen LogP contribution in [0, 0.1) is 10.1 Å². The van der Waals surface area contributed by atoms with Crippen molar-refractivity contribution in [1.29, 1.82) is 0 Å². The fourth-order valence-corrected chi connectivity index (χ4v) is 5.23. The highest BCUT2D eigenvalue weighted by Crippen LogP contribution is 2.42. The number of fused-ring (bicyclic) bond motifs is 1. The van der Waals surface area contributed by atoms with Crippen molar-refractivity contribution in [1.82, 2.24) is 14.5 Å². The Bertz CT molecular complexity index is 1280. The zero-order valence-electron chi connectivity index (χ0n) is 16.8. The van der Waals surface area contributed by atoms with Crippen molar-refractivity contribution in [2.75, 3.05) is 11.4 Å². The number of thiazole rings is 1. The number of hydrogen-bond donors (Lipinski definition) is 0. The monoisotopic (exact) mass is 433 g/mol. The van der Waals surface area contributed by atoms with Crippen molar-refractivity contribution in [2.24, 2.45) is 7.05 Å². The summed E-state index contributed by atoms with van der Waals surface area (Å²) in [5.74, 6) is -0.0955. The van der Waals surface area contributed by atoms with Gasteiger partial charge in [-0.15, -0.1) is 11.3 Å². The van der Waals surface area contributed by atoms with Crippen molar-refractivity contribution in [3.63, 3.8) is 0 Å². The van der Waals surface area contributed by atoms with Crippen LogP contribution in [0.5, 0.6) is 0 Å². The number of rotatable bonds is 5. The third-order valence-electron chi connectivity index (χ3n) is 5.62. The molecule has 8 nitrogen and oxygen atoms in total. The summed E-state index contributed by atoms with van der Waals surface area (Å²) in [6, 6.07) is 12.6.